The van der Waals surface area contributed by atoms with E-state index in [1.165, 1.54) is 6.42 Å². The summed E-state index contributed by atoms with van der Waals surface area (Å²) >= 11 is 0. The molecular formula is C11H21NO2. The predicted molar refractivity (Wildman–Crippen MR) is 55.0 cm³/mol. The van der Waals surface area contributed by atoms with Gasteiger partial charge < -0.3 is 15.6 Å². The minimum atomic E-state index is -0.623. The average Bonchev–Trinajstić information content (AvgIpc) is 2.62. The zero-order chi connectivity index (χ0) is 10.2. The predicted octanol–water partition coefficient (Wildman–Crippen LogP) is 1.19. The van der Waals surface area contributed by atoms with Gasteiger partial charge in [-0.1, -0.05) is 0 Å². The van der Waals surface area contributed by atoms with E-state index in [9.17, 15) is 5.11 Å². The van der Waals surface area contributed by atoms with Crippen molar-refractivity contribution in [3.8, 4) is 0 Å². The fourth-order valence-electron chi connectivity index (χ4n) is 2.67. The monoisotopic (exact) mass is 199 g/mol. The first kappa shape index (κ1) is 10.4. The normalized spacial score (nSPS) is 48.6. The molecule has 14 heavy (non-hydrogen) atoms. The van der Waals surface area contributed by atoms with Crippen molar-refractivity contribution in [2.45, 2.75) is 69.3 Å². The van der Waals surface area contributed by atoms with Gasteiger partial charge in [-0.05, 0) is 45.4 Å². The zero-order valence-electron chi connectivity index (χ0n) is 8.91. The first-order chi connectivity index (χ1) is 6.59. The maximum Gasteiger partial charge on any atom is 0.0880 e. The van der Waals surface area contributed by atoms with Gasteiger partial charge in [-0.3, -0.25) is 0 Å². The van der Waals surface area contributed by atoms with Gasteiger partial charge in [0.25, 0.3) is 0 Å². The van der Waals surface area contributed by atoms with Crippen LogP contribution in [0.15, 0.2) is 0 Å². The molecule has 4 unspecified atom stereocenters. The summed E-state index contributed by atoms with van der Waals surface area (Å²) in [7, 11) is 0. The molecule has 3 nitrogen and oxygen atoms in total. The summed E-state index contributed by atoms with van der Waals surface area (Å²) in [5.41, 5.74) is 5.32. The fraction of sp³-hybridized carbons (Fsp3) is 1.00. The molecule has 0 aromatic heterocycles. The van der Waals surface area contributed by atoms with Crippen LogP contribution in [0.25, 0.3) is 0 Å². The van der Waals surface area contributed by atoms with E-state index < -0.39 is 5.60 Å². The van der Waals surface area contributed by atoms with Gasteiger partial charge >= 0.3 is 0 Å². The standard InChI is InChI=1S/C11H21NO2/c1-11(13)7-3-6-10(11)14-9-5-2-4-8(9)12/h8-10,13H,2-7,12H2,1H3. The highest BCUT2D eigenvalue weighted by atomic mass is 16.5. The summed E-state index contributed by atoms with van der Waals surface area (Å²) in [6, 6.07) is 0.186. The van der Waals surface area contributed by atoms with Crippen molar-refractivity contribution in [3.05, 3.63) is 0 Å². The number of hydrogen-bond donors (Lipinski definition) is 2. The molecular weight excluding hydrogens is 178 g/mol. The molecule has 4 atom stereocenters. The van der Waals surface area contributed by atoms with Crippen molar-refractivity contribution in [2.24, 2.45) is 5.73 Å². The van der Waals surface area contributed by atoms with Crippen molar-refractivity contribution in [3.63, 3.8) is 0 Å². The molecule has 0 aromatic carbocycles. The highest BCUT2D eigenvalue weighted by Crippen LogP contribution is 2.34. The van der Waals surface area contributed by atoms with Gasteiger partial charge in [-0.25, -0.2) is 0 Å². The second kappa shape index (κ2) is 3.80. The molecule has 0 saturated heterocycles. The number of nitrogens with two attached hydrogens (primary N) is 1. The van der Waals surface area contributed by atoms with E-state index in [1.54, 1.807) is 0 Å². The SMILES string of the molecule is CC1(O)CCCC1OC1CCCC1N. The lowest BCUT2D eigenvalue weighted by Gasteiger charge is -2.29. The Labute approximate surface area is 85.6 Å². The fourth-order valence-corrected chi connectivity index (χ4v) is 2.67. The van der Waals surface area contributed by atoms with Crippen LogP contribution >= 0.6 is 0 Å². The van der Waals surface area contributed by atoms with E-state index in [-0.39, 0.29) is 18.2 Å². The van der Waals surface area contributed by atoms with Gasteiger partial charge in [0.1, 0.15) is 0 Å². The Morgan fingerprint density at radius 3 is 2.57 bits per heavy atom. The van der Waals surface area contributed by atoms with E-state index >= 15 is 0 Å². The molecule has 3 heteroatoms. The minimum absolute atomic E-state index is 0.0108. The molecule has 2 aliphatic carbocycles. The van der Waals surface area contributed by atoms with Gasteiger partial charge in [0.15, 0.2) is 0 Å². The van der Waals surface area contributed by atoms with E-state index in [0.717, 1.165) is 32.1 Å². The lowest BCUT2D eigenvalue weighted by Crippen LogP contribution is -2.42. The van der Waals surface area contributed by atoms with Crippen LogP contribution in [0.1, 0.15) is 45.4 Å². The van der Waals surface area contributed by atoms with Crippen molar-refractivity contribution in [1.29, 1.82) is 0 Å². The summed E-state index contributed by atoms with van der Waals surface area (Å²) in [5.74, 6) is 0. The molecule has 0 bridgehead atoms. The van der Waals surface area contributed by atoms with Crippen molar-refractivity contribution < 1.29 is 9.84 Å². The molecule has 0 radical (unpaired) electrons. The Hall–Kier alpha value is -0.120. The van der Waals surface area contributed by atoms with Crippen LogP contribution in [0.3, 0.4) is 0 Å². The summed E-state index contributed by atoms with van der Waals surface area (Å²) in [6.45, 7) is 1.88. The van der Waals surface area contributed by atoms with Gasteiger partial charge in [0.2, 0.25) is 0 Å². The van der Waals surface area contributed by atoms with Crippen molar-refractivity contribution in [2.75, 3.05) is 0 Å². The molecule has 0 spiro atoms. The first-order valence-electron chi connectivity index (χ1n) is 5.73. The van der Waals surface area contributed by atoms with Crippen molar-refractivity contribution >= 4 is 0 Å². The second-order valence-electron chi connectivity index (χ2n) is 5.01. The molecule has 3 N–H and O–H groups in total. The molecule has 0 amide bonds. The van der Waals surface area contributed by atoms with Gasteiger partial charge in [-0.15, -0.1) is 0 Å². The number of rotatable bonds is 2. The lowest BCUT2D eigenvalue weighted by molar-refractivity contribution is -0.110. The molecule has 0 aliphatic heterocycles. The topological polar surface area (TPSA) is 55.5 Å². The maximum absolute atomic E-state index is 10.0. The molecule has 2 saturated carbocycles. The van der Waals surface area contributed by atoms with E-state index in [4.69, 9.17) is 10.5 Å². The first-order valence-corrected chi connectivity index (χ1v) is 5.73. The molecule has 2 aliphatic rings. The Morgan fingerprint density at radius 1 is 1.29 bits per heavy atom. The van der Waals surface area contributed by atoms with Crippen LogP contribution in [0.2, 0.25) is 0 Å². The molecule has 82 valence electrons. The highest BCUT2D eigenvalue weighted by Gasteiger charge is 2.40. The Bertz CT molecular complexity index is 205. The zero-order valence-corrected chi connectivity index (χ0v) is 8.91. The minimum Gasteiger partial charge on any atom is -0.387 e. The van der Waals surface area contributed by atoms with Crippen LogP contribution in [-0.4, -0.2) is 29.0 Å². The molecule has 0 heterocycles. The number of ether oxygens (including phenoxy) is 1. The van der Waals surface area contributed by atoms with Crippen LogP contribution in [0.4, 0.5) is 0 Å². The van der Waals surface area contributed by atoms with Gasteiger partial charge in [0.05, 0.1) is 17.8 Å². The van der Waals surface area contributed by atoms with Crippen LogP contribution < -0.4 is 5.73 Å². The average molecular weight is 199 g/mol. The largest absolute Gasteiger partial charge is 0.387 e. The van der Waals surface area contributed by atoms with Gasteiger partial charge in [-0.2, -0.15) is 0 Å². The Kier molecular flexibility index (Phi) is 2.82. The summed E-state index contributed by atoms with van der Waals surface area (Å²) < 4.78 is 5.92. The quantitative estimate of drug-likeness (QED) is 0.702. The van der Waals surface area contributed by atoms with E-state index in [2.05, 4.69) is 0 Å². The summed E-state index contributed by atoms with van der Waals surface area (Å²) in [6.07, 6.45) is 6.41. The smallest absolute Gasteiger partial charge is 0.0880 e. The number of hydrogen-bond acceptors (Lipinski definition) is 3. The Morgan fingerprint density at radius 2 is 2.07 bits per heavy atom. The maximum atomic E-state index is 10.0. The van der Waals surface area contributed by atoms with Crippen LogP contribution in [0, 0.1) is 0 Å². The lowest BCUT2D eigenvalue weighted by atomic mass is 10.0. The van der Waals surface area contributed by atoms with Crippen molar-refractivity contribution in [1.82, 2.24) is 0 Å². The third-order valence-corrected chi connectivity index (χ3v) is 3.69. The Balaban J connectivity index is 1.90. The van der Waals surface area contributed by atoms with Gasteiger partial charge in [0, 0.05) is 6.04 Å². The molecule has 2 fully saturated rings. The third-order valence-electron chi connectivity index (χ3n) is 3.69. The summed E-state index contributed by atoms with van der Waals surface area (Å²) in [5, 5.41) is 10.0. The second-order valence-corrected chi connectivity index (χ2v) is 5.01. The van der Waals surface area contributed by atoms with E-state index in [1.807, 2.05) is 6.92 Å². The molecule has 0 aromatic rings. The van der Waals surface area contributed by atoms with Crippen LogP contribution in [0.5, 0.6) is 0 Å². The number of aliphatic hydroxyl groups is 1. The summed E-state index contributed by atoms with van der Waals surface area (Å²) in [4.78, 5) is 0. The van der Waals surface area contributed by atoms with E-state index in [0.29, 0.717) is 0 Å². The molecule has 2 rings (SSSR count). The third kappa shape index (κ3) is 1.95. The highest BCUT2D eigenvalue weighted by molar-refractivity contribution is 4.92. The van der Waals surface area contributed by atoms with Crippen LogP contribution in [-0.2, 0) is 4.74 Å².